The van der Waals surface area contributed by atoms with Crippen LogP contribution in [0.4, 0.5) is 0 Å². The standard InChI is InChI=1S/C10H17NO3S/c1-11(8-4-6-15-7-5-8)9(12)2-3-10(13)14/h8H,2-7H2,1H3,(H,13,14). The highest BCUT2D eigenvalue weighted by Crippen LogP contribution is 2.21. The van der Waals surface area contributed by atoms with Gasteiger partial charge in [0.1, 0.15) is 0 Å². The maximum atomic E-state index is 11.6. The van der Waals surface area contributed by atoms with Crippen molar-refractivity contribution in [1.82, 2.24) is 4.90 Å². The third-order valence-electron chi connectivity index (χ3n) is 2.68. The van der Waals surface area contributed by atoms with Crippen LogP contribution in [0.2, 0.25) is 0 Å². The zero-order valence-electron chi connectivity index (χ0n) is 8.94. The Morgan fingerprint density at radius 2 is 1.93 bits per heavy atom. The summed E-state index contributed by atoms with van der Waals surface area (Å²) in [6.45, 7) is 0. The van der Waals surface area contributed by atoms with Gasteiger partial charge in [-0.1, -0.05) is 0 Å². The molecular formula is C10H17NO3S. The second-order valence-corrected chi connectivity index (χ2v) is 4.97. The van der Waals surface area contributed by atoms with Gasteiger partial charge in [-0.2, -0.15) is 11.8 Å². The minimum atomic E-state index is -0.907. The molecule has 1 saturated heterocycles. The van der Waals surface area contributed by atoms with Crippen LogP contribution in [0.3, 0.4) is 0 Å². The Balaban J connectivity index is 2.33. The average Bonchev–Trinajstić information content (AvgIpc) is 2.26. The molecule has 15 heavy (non-hydrogen) atoms. The van der Waals surface area contributed by atoms with E-state index in [0.29, 0.717) is 6.04 Å². The lowest BCUT2D eigenvalue weighted by molar-refractivity contribution is -0.141. The van der Waals surface area contributed by atoms with Crippen molar-refractivity contribution >= 4 is 23.6 Å². The minimum Gasteiger partial charge on any atom is -0.481 e. The second kappa shape index (κ2) is 6.00. The van der Waals surface area contributed by atoms with Crippen molar-refractivity contribution in [3.05, 3.63) is 0 Å². The van der Waals surface area contributed by atoms with E-state index in [-0.39, 0.29) is 18.7 Å². The summed E-state index contributed by atoms with van der Waals surface area (Å²) in [6.07, 6.45) is 2.11. The van der Waals surface area contributed by atoms with Crippen LogP contribution in [0.5, 0.6) is 0 Å². The summed E-state index contributed by atoms with van der Waals surface area (Å²) in [5.74, 6) is 1.24. The largest absolute Gasteiger partial charge is 0.481 e. The number of nitrogens with zero attached hydrogens (tertiary/aromatic N) is 1. The highest BCUT2D eigenvalue weighted by molar-refractivity contribution is 7.99. The van der Waals surface area contributed by atoms with Gasteiger partial charge >= 0.3 is 5.97 Å². The van der Waals surface area contributed by atoms with Crippen molar-refractivity contribution in [2.75, 3.05) is 18.6 Å². The Morgan fingerprint density at radius 3 is 2.47 bits per heavy atom. The Morgan fingerprint density at radius 1 is 1.33 bits per heavy atom. The summed E-state index contributed by atoms with van der Waals surface area (Å²) >= 11 is 1.91. The first kappa shape index (κ1) is 12.4. The Kier molecular flexibility index (Phi) is 4.94. The molecule has 1 N–H and O–H groups in total. The van der Waals surface area contributed by atoms with E-state index >= 15 is 0 Å². The minimum absolute atomic E-state index is 0.0469. The lowest BCUT2D eigenvalue weighted by atomic mass is 10.1. The van der Waals surface area contributed by atoms with Crippen LogP contribution in [-0.4, -0.2) is 46.5 Å². The molecule has 4 nitrogen and oxygen atoms in total. The van der Waals surface area contributed by atoms with Gasteiger partial charge < -0.3 is 10.0 Å². The van der Waals surface area contributed by atoms with Crippen molar-refractivity contribution in [2.45, 2.75) is 31.7 Å². The molecule has 1 heterocycles. The van der Waals surface area contributed by atoms with Gasteiger partial charge in [-0.3, -0.25) is 9.59 Å². The summed E-state index contributed by atoms with van der Waals surface area (Å²) in [7, 11) is 1.78. The highest BCUT2D eigenvalue weighted by Gasteiger charge is 2.22. The van der Waals surface area contributed by atoms with Gasteiger partial charge in [0.25, 0.3) is 0 Å². The molecule has 0 aromatic heterocycles. The normalized spacial score (nSPS) is 17.4. The molecule has 0 unspecified atom stereocenters. The predicted molar refractivity (Wildman–Crippen MR) is 60.0 cm³/mol. The monoisotopic (exact) mass is 231 g/mol. The molecular weight excluding hydrogens is 214 g/mol. The van der Waals surface area contributed by atoms with E-state index in [1.165, 1.54) is 0 Å². The van der Waals surface area contributed by atoms with E-state index in [1.54, 1.807) is 11.9 Å². The molecule has 1 rings (SSSR count). The number of carbonyl (C=O) groups excluding carboxylic acids is 1. The summed E-state index contributed by atoms with van der Waals surface area (Å²) in [6, 6.07) is 0.313. The lowest BCUT2D eigenvalue weighted by Gasteiger charge is -2.30. The number of amides is 1. The van der Waals surface area contributed by atoms with Crippen LogP contribution in [0, 0.1) is 0 Å². The Hall–Kier alpha value is -0.710. The Labute approximate surface area is 94.0 Å². The van der Waals surface area contributed by atoms with Crippen LogP contribution in [-0.2, 0) is 9.59 Å². The molecule has 1 fully saturated rings. The molecule has 0 aromatic carbocycles. The maximum Gasteiger partial charge on any atom is 0.303 e. The molecule has 0 bridgehead atoms. The third kappa shape index (κ3) is 4.11. The molecule has 86 valence electrons. The van der Waals surface area contributed by atoms with Gasteiger partial charge in [-0.15, -0.1) is 0 Å². The van der Waals surface area contributed by atoms with Crippen LogP contribution in [0.1, 0.15) is 25.7 Å². The summed E-state index contributed by atoms with van der Waals surface area (Å²) in [5, 5.41) is 8.48. The van der Waals surface area contributed by atoms with E-state index in [2.05, 4.69) is 0 Å². The van der Waals surface area contributed by atoms with Crippen molar-refractivity contribution < 1.29 is 14.7 Å². The fraction of sp³-hybridized carbons (Fsp3) is 0.800. The zero-order valence-corrected chi connectivity index (χ0v) is 9.76. The van der Waals surface area contributed by atoms with Crippen LogP contribution in [0.25, 0.3) is 0 Å². The van der Waals surface area contributed by atoms with E-state index in [1.807, 2.05) is 11.8 Å². The molecule has 5 heteroatoms. The number of thioether (sulfide) groups is 1. The maximum absolute atomic E-state index is 11.6. The number of hydrogen-bond donors (Lipinski definition) is 1. The fourth-order valence-electron chi connectivity index (χ4n) is 1.67. The topological polar surface area (TPSA) is 57.6 Å². The van der Waals surface area contributed by atoms with E-state index < -0.39 is 5.97 Å². The molecule has 1 aliphatic heterocycles. The summed E-state index contributed by atoms with van der Waals surface area (Å²) in [5.41, 5.74) is 0. The zero-order chi connectivity index (χ0) is 11.3. The van der Waals surface area contributed by atoms with Crippen molar-refractivity contribution in [3.63, 3.8) is 0 Å². The molecule has 0 radical (unpaired) electrons. The molecule has 1 aliphatic rings. The average molecular weight is 231 g/mol. The summed E-state index contributed by atoms with van der Waals surface area (Å²) in [4.78, 5) is 23.7. The van der Waals surface area contributed by atoms with Crippen molar-refractivity contribution in [1.29, 1.82) is 0 Å². The number of rotatable bonds is 4. The van der Waals surface area contributed by atoms with E-state index in [4.69, 9.17) is 5.11 Å². The molecule has 0 atom stereocenters. The second-order valence-electron chi connectivity index (χ2n) is 3.74. The van der Waals surface area contributed by atoms with E-state index in [9.17, 15) is 9.59 Å². The van der Waals surface area contributed by atoms with Crippen LogP contribution >= 0.6 is 11.8 Å². The lowest BCUT2D eigenvalue weighted by Crippen LogP contribution is -2.39. The molecule has 0 saturated carbocycles. The summed E-state index contributed by atoms with van der Waals surface area (Å²) < 4.78 is 0. The molecule has 0 aromatic rings. The first-order chi connectivity index (χ1) is 7.11. The number of carbonyl (C=O) groups is 2. The number of hydrogen-bond acceptors (Lipinski definition) is 3. The first-order valence-corrected chi connectivity index (χ1v) is 6.32. The number of aliphatic carboxylic acids is 1. The first-order valence-electron chi connectivity index (χ1n) is 5.16. The molecule has 0 spiro atoms. The molecule has 0 aliphatic carbocycles. The number of carboxylic acids is 1. The predicted octanol–water partition coefficient (Wildman–Crippen LogP) is 1.21. The smallest absolute Gasteiger partial charge is 0.303 e. The molecule has 1 amide bonds. The van der Waals surface area contributed by atoms with Gasteiger partial charge in [0.05, 0.1) is 6.42 Å². The van der Waals surface area contributed by atoms with Crippen LogP contribution in [0.15, 0.2) is 0 Å². The SMILES string of the molecule is CN(C(=O)CCC(=O)O)C1CCSCC1. The van der Waals surface area contributed by atoms with Gasteiger partial charge in [0.15, 0.2) is 0 Å². The fourth-order valence-corrected chi connectivity index (χ4v) is 2.75. The number of carboxylic acid groups (broad SMARTS) is 1. The Bertz CT molecular complexity index is 239. The van der Waals surface area contributed by atoms with Gasteiger partial charge in [0.2, 0.25) is 5.91 Å². The van der Waals surface area contributed by atoms with Crippen LogP contribution < -0.4 is 0 Å². The van der Waals surface area contributed by atoms with Crippen molar-refractivity contribution in [2.24, 2.45) is 0 Å². The van der Waals surface area contributed by atoms with Crippen molar-refractivity contribution in [3.8, 4) is 0 Å². The third-order valence-corrected chi connectivity index (χ3v) is 3.73. The highest BCUT2D eigenvalue weighted by atomic mass is 32.2. The van der Waals surface area contributed by atoms with Gasteiger partial charge in [0, 0.05) is 19.5 Å². The quantitative estimate of drug-likeness (QED) is 0.790. The van der Waals surface area contributed by atoms with Gasteiger partial charge in [-0.05, 0) is 24.3 Å². The van der Waals surface area contributed by atoms with Gasteiger partial charge in [-0.25, -0.2) is 0 Å². The van der Waals surface area contributed by atoms with E-state index in [0.717, 1.165) is 24.3 Å².